The summed E-state index contributed by atoms with van der Waals surface area (Å²) >= 11 is 0. The van der Waals surface area contributed by atoms with Crippen LogP contribution in [0.5, 0.6) is 0 Å². The van der Waals surface area contributed by atoms with Crippen molar-refractivity contribution in [2.75, 3.05) is 5.32 Å². The van der Waals surface area contributed by atoms with Gasteiger partial charge in [-0.15, -0.1) is 0 Å². The smallest absolute Gasteiger partial charge is 0.258 e. The van der Waals surface area contributed by atoms with Gasteiger partial charge in [-0.3, -0.25) is 9.59 Å². The van der Waals surface area contributed by atoms with Crippen LogP contribution in [0.15, 0.2) is 72.0 Å². The minimum Gasteiger partial charge on any atom is -0.326 e. The number of aryl methyl sites for hydroxylation is 1. The Kier molecular flexibility index (Phi) is 4.49. The number of hydrogen-bond donors (Lipinski definition) is 2. The van der Waals surface area contributed by atoms with E-state index in [1.807, 2.05) is 41.1 Å². The molecule has 0 saturated carbocycles. The van der Waals surface area contributed by atoms with Gasteiger partial charge < -0.3 is 14.9 Å². The Labute approximate surface area is 154 Å². The Morgan fingerprint density at radius 3 is 2.70 bits per heavy atom. The van der Waals surface area contributed by atoms with Gasteiger partial charge >= 0.3 is 0 Å². The molecule has 0 saturated heterocycles. The van der Waals surface area contributed by atoms with Crippen LogP contribution in [0.1, 0.15) is 12.2 Å². The van der Waals surface area contributed by atoms with Crippen LogP contribution in [0.25, 0.3) is 16.6 Å². The normalized spacial score (nSPS) is 10.8. The summed E-state index contributed by atoms with van der Waals surface area (Å²) in [6, 6.07) is 14.6. The number of carbonyl (C=O) groups is 1. The SMILES string of the molecule is O=C(CCc1nc2ccccc2c(=O)[nH]1)Nc1ccc(-n2ccnc2)cc1. The molecule has 0 fully saturated rings. The summed E-state index contributed by atoms with van der Waals surface area (Å²) in [7, 11) is 0. The standard InChI is InChI=1S/C20H17N5O2/c26-19(22-14-5-7-15(8-6-14)25-12-11-21-13-25)10-9-18-23-17-4-2-1-3-16(17)20(27)24-18/h1-8,11-13H,9-10H2,(H,22,26)(H,23,24,27). The lowest BCUT2D eigenvalue weighted by Gasteiger charge is -2.07. The second-order valence-corrected chi connectivity index (χ2v) is 6.09. The maximum Gasteiger partial charge on any atom is 0.258 e. The van der Waals surface area contributed by atoms with Gasteiger partial charge in [0.05, 0.1) is 17.2 Å². The Hall–Kier alpha value is -3.74. The Morgan fingerprint density at radius 2 is 1.93 bits per heavy atom. The third-order valence-corrected chi connectivity index (χ3v) is 4.20. The maximum absolute atomic E-state index is 12.2. The molecule has 0 aliphatic heterocycles. The molecule has 2 aromatic carbocycles. The van der Waals surface area contributed by atoms with Crippen LogP contribution < -0.4 is 10.9 Å². The minimum absolute atomic E-state index is 0.138. The van der Waals surface area contributed by atoms with Crippen molar-refractivity contribution in [1.29, 1.82) is 0 Å². The van der Waals surface area contributed by atoms with Crippen molar-refractivity contribution in [3.05, 3.63) is 83.4 Å². The molecule has 0 aliphatic carbocycles. The van der Waals surface area contributed by atoms with E-state index in [4.69, 9.17) is 0 Å². The van der Waals surface area contributed by atoms with Crippen LogP contribution >= 0.6 is 0 Å². The average molecular weight is 359 g/mol. The van der Waals surface area contributed by atoms with Crippen LogP contribution in [0.2, 0.25) is 0 Å². The molecule has 0 radical (unpaired) electrons. The van der Waals surface area contributed by atoms with Gasteiger partial charge in [-0.2, -0.15) is 0 Å². The van der Waals surface area contributed by atoms with Crippen LogP contribution in [0.3, 0.4) is 0 Å². The molecule has 2 heterocycles. The second-order valence-electron chi connectivity index (χ2n) is 6.09. The molecule has 7 heteroatoms. The predicted octanol–water partition coefficient (Wildman–Crippen LogP) is 2.68. The zero-order chi connectivity index (χ0) is 18.6. The molecule has 0 unspecified atom stereocenters. The molecule has 4 aromatic rings. The number of carbonyl (C=O) groups excluding carboxylic acids is 1. The molecule has 2 N–H and O–H groups in total. The van der Waals surface area contributed by atoms with Crippen molar-refractivity contribution in [3.63, 3.8) is 0 Å². The van der Waals surface area contributed by atoms with E-state index in [-0.39, 0.29) is 17.9 Å². The van der Waals surface area contributed by atoms with Crippen LogP contribution in [0.4, 0.5) is 5.69 Å². The highest BCUT2D eigenvalue weighted by atomic mass is 16.1. The number of nitrogens with one attached hydrogen (secondary N) is 2. The fraction of sp³-hybridized carbons (Fsp3) is 0.100. The van der Waals surface area contributed by atoms with Crippen molar-refractivity contribution in [3.8, 4) is 5.69 Å². The zero-order valence-corrected chi connectivity index (χ0v) is 14.4. The van der Waals surface area contributed by atoms with Crippen molar-refractivity contribution < 1.29 is 4.79 Å². The van der Waals surface area contributed by atoms with Crippen LogP contribution in [-0.2, 0) is 11.2 Å². The van der Waals surface area contributed by atoms with E-state index in [2.05, 4.69) is 20.3 Å². The number of aromatic amines is 1. The molecule has 134 valence electrons. The average Bonchev–Trinajstić information content (AvgIpc) is 3.22. The highest BCUT2D eigenvalue weighted by molar-refractivity contribution is 5.90. The van der Waals surface area contributed by atoms with E-state index in [1.54, 1.807) is 30.7 Å². The van der Waals surface area contributed by atoms with Gasteiger partial charge in [-0.25, -0.2) is 9.97 Å². The number of H-pyrrole nitrogens is 1. The number of anilines is 1. The van der Waals surface area contributed by atoms with Crippen molar-refractivity contribution in [2.45, 2.75) is 12.8 Å². The molecule has 0 spiro atoms. The summed E-state index contributed by atoms with van der Waals surface area (Å²) in [6.45, 7) is 0. The first-order valence-corrected chi connectivity index (χ1v) is 8.55. The number of benzene rings is 2. The molecule has 27 heavy (non-hydrogen) atoms. The zero-order valence-electron chi connectivity index (χ0n) is 14.4. The lowest BCUT2D eigenvalue weighted by Crippen LogP contribution is -2.16. The van der Waals surface area contributed by atoms with Gasteiger partial charge in [0.2, 0.25) is 5.91 Å². The van der Waals surface area contributed by atoms with Gasteiger partial charge in [0.1, 0.15) is 5.82 Å². The summed E-state index contributed by atoms with van der Waals surface area (Å²) in [4.78, 5) is 35.4. The number of imidazole rings is 1. The number of nitrogens with zero attached hydrogens (tertiary/aromatic N) is 3. The predicted molar refractivity (Wildman–Crippen MR) is 103 cm³/mol. The third-order valence-electron chi connectivity index (χ3n) is 4.20. The molecule has 0 atom stereocenters. The molecule has 0 aliphatic rings. The number of para-hydroxylation sites is 1. The number of aromatic nitrogens is 4. The molecule has 4 rings (SSSR count). The first-order valence-electron chi connectivity index (χ1n) is 8.55. The monoisotopic (exact) mass is 359 g/mol. The highest BCUT2D eigenvalue weighted by Gasteiger charge is 2.07. The summed E-state index contributed by atoms with van der Waals surface area (Å²) < 4.78 is 1.88. The van der Waals surface area contributed by atoms with E-state index in [9.17, 15) is 9.59 Å². The number of hydrogen-bond acceptors (Lipinski definition) is 4. The van der Waals surface area contributed by atoms with E-state index in [1.165, 1.54) is 0 Å². The fourth-order valence-corrected chi connectivity index (χ4v) is 2.84. The van der Waals surface area contributed by atoms with Gasteiger partial charge in [-0.05, 0) is 36.4 Å². The second kappa shape index (κ2) is 7.25. The molecular formula is C20H17N5O2. The van der Waals surface area contributed by atoms with Crippen LogP contribution in [0, 0.1) is 0 Å². The van der Waals surface area contributed by atoms with E-state index in [0.29, 0.717) is 28.8 Å². The van der Waals surface area contributed by atoms with Gasteiger partial charge in [-0.1, -0.05) is 12.1 Å². The number of rotatable bonds is 5. The summed E-state index contributed by atoms with van der Waals surface area (Å²) in [5.41, 5.74) is 2.12. The van der Waals surface area contributed by atoms with Crippen molar-refractivity contribution >= 4 is 22.5 Å². The molecular weight excluding hydrogens is 342 g/mol. The Morgan fingerprint density at radius 1 is 1.11 bits per heavy atom. The molecule has 1 amide bonds. The fourth-order valence-electron chi connectivity index (χ4n) is 2.84. The molecule has 0 bridgehead atoms. The molecule has 2 aromatic heterocycles. The topological polar surface area (TPSA) is 92.7 Å². The van der Waals surface area contributed by atoms with Gasteiger partial charge in [0.15, 0.2) is 0 Å². The lowest BCUT2D eigenvalue weighted by molar-refractivity contribution is -0.116. The maximum atomic E-state index is 12.2. The largest absolute Gasteiger partial charge is 0.326 e. The minimum atomic E-state index is -0.189. The van der Waals surface area contributed by atoms with Gasteiger partial charge in [0, 0.05) is 36.6 Å². The quantitative estimate of drug-likeness (QED) is 0.573. The summed E-state index contributed by atoms with van der Waals surface area (Å²) in [6.07, 6.45) is 5.86. The summed E-state index contributed by atoms with van der Waals surface area (Å²) in [5.74, 6) is 0.366. The highest BCUT2D eigenvalue weighted by Crippen LogP contribution is 2.13. The van der Waals surface area contributed by atoms with Crippen LogP contribution in [-0.4, -0.2) is 25.4 Å². The summed E-state index contributed by atoms with van der Waals surface area (Å²) in [5, 5.41) is 3.40. The van der Waals surface area contributed by atoms with E-state index in [0.717, 1.165) is 5.69 Å². The Bertz CT molecular complexity index is 1130. The third kappa shape index (κ3) is 3.77. The lowest BCUT2D eigenvalue weighted by atomic mass is 10.2. The van der Waals surface area contributed by atoms with Gasteiger partial charge in [0.25, 0.3) is 5.56 Å². The first-order chi connectivity index (χ1) is 13.2. The van der Waals surface area contributed by atoms with E-state index >= 15 is 0 Å². The first kappa shape index (κ1) is 16.7. The van der Waals surface area contributed by atoms with E-state index < -0.39 is 0 Å². The number of fused-ring (bicyclic) bond motifs is 1. The van der Waals surface area contributed by atoms with Crippen molar-refractivity contribution in [2.24, 2.45) is 0 Å². The Balaban J connectivity index is 1.39. The van der Waals surface area contributed by atoms with Crippen molar-refractivity contribution in [1.82, 2.24) is 19.5 Å². The number of amides is 1. The molecule has 7 nitrogen and oxygen atoms in total.